The van der Waals surface area contributed by atoms with E-state index in [-0.39, 0.29) is 12.2 Å². The molecule has 35 unspecified atom stereocenters. The van der Waals surface area contributed by atoms with Gasteiger partial charge in [-0.25, -0.2) is 4.79 Å². The van der Waals surface area contributed by atoms with E-state index in [1.54, 1.807) is 19.9 Å². The van der Waals surface area contributed by atoms with E-state index >= 15 is 0 Å². The van der Waals surface area contributed by atoms with E-state index < -0.39 is 265 Å². The highest BCUT2D eigenvalue weighted by molar-refractivity contribution is 5.87. The van der Waals surface area contributed by atoms with Gasteiger partial charge in [0.15, 0.2) is 50.1 Å². The Morgan fingerprint density at radius 2 is 0.703 bits per heavy atom. The Hall–Kier alpha value is -4.01. The number of hydrogen-bond acceptors (Lipinski definition) is 37. The molecule has 0 spiro atoms. The van der Waals surface area contributed by atoms with Crippen molar-refractivity contribution in [2.75, 3.05) is 39.6 Å². The molecule has 37 nitrogen and oxygen atoms in total. The van der Waals surface area contributed by atoms with Gasteiger partial charge in [0.2, 0.25) is 0 Å². The zero-order chi connectivity index (χ0) is 87.4. The van der Waals surface area contributed by atoms with Gasteiger partial charge in [0, 0.05) is 5.57 Å². The summed E-state index contributed by atoms with van der Waals surface area (Å²) in [6, 6.07) is 0. The zero-order valence-electron chi connectivity index (χ0n) is 68.5. The van der Waals surface area contributed by atoms with Crippen LogP contribution in [0.3, 0.4) is 0 Å². The average Bonchev–Trinajstić information content (AvgIpc) is 0.788. The molecule has 0 aromatic rings. The third-order valence-electron chi connectivity index (χ3n) is 22.5. The van der Waals surface area contributed by atoms with Crippen molar-refractivity contribution < 1.29 is 183 Å². The molecule has 0 aromatic carbocycles. The van der Waals surface area contributed by atoms with E-state index in [4.69, 9.17) is 71.1 Å². The summed E-state index contributed by atoms with van der Waals surface area (Å²) in [7, 11) is 0. The molecule has 0 radical (unpaired) electrons. The summed E-state index contributed by atoms with van der Waals surface area (Å²) in [4.78, 5) is 13.6. The minimum Gasteiger partial charge on any atom is -0.451 e. The first-order chi connectivity index (χ1) is 55.8. The summed E-state index contributed by atoms with van der Waals surface area (Å²) in [5.74, 6) is -0.869. The smallest absolute Gasteiger partial charge is 0.333 e. The topological polar surface area (TPSA) is 580 Å². The molecular weight excluding hydrogens is 1560 g/mol. The van der Waals surface area contributed by atoms with Crippen LogP contribution in [0.15, 0.2) is 95.7 Å². The molecule has 0 bridgehead atoms. The van der Waals surface area contributed by atoms with Gasteiger partial charge in [0.25, 0.3) is 0 Å². The zero-order valence-corrected chi connectivity index (χ0v) is 68.5. The second-order valence-corrected chi connectivity index (χ2v) is 32.1. The van der Waals surface area contributed by atoms with Crippen LogP contribution in [0.4, 0.5) is 0 Å². The fourth-order valence-corrected chi connectivity index (χ4v) is 14.4. The van der Waals surface area contributed by atoms with Crippen molar-refractivity contribution in [2.45, 2.75) is 366 Å². The number of allylic oxidation sites excluding steroid dienone is 10. The van der Waals surface area contributed by atoms with Crippen molar-refractivity contribution in [3.05, 3.63) is 95.7 Å². The third kappa shape index (κ3) is 27.0. The Labute approximate surface area is 687 Å². The molecular formula is C81H132O37. The Morgan fingerprint density at radius 3 is 1.16 bits per heavy atom. The van der Waals surface area contributed by atoms with Crippen LogP contribution in [0.25, 0.3) is 0 Å². The lowest BCUT2D eigenvalue weighted by Gasteiger charge is -2.47. The molecule has 0 aromatic heterocycles. The van der Waals surface area contributed by atoms with E-state index in [0.29, 0.717) is 64.2 Å². The number of ether oxygens (including phenoxy) is 15. The molecule has 7 heterocycles. The summed E-state index contributed by atoms with van der Waals surface area (Å²) in [5.41, 5.74) is 1.84. The van der Waals surface area contributed by atoms with Gasteiger partial charge in [-0.2, -0.15) is 0 Å². The fourth-order valence-electron chi connectivity index (χ4n) is 14.4. The number of aliphatic hydroxyl groups is 21. The maximum atomic E-state index is 13.6. The largest absolute Gasteiger partial charge is 0.451 e. The number of hydrogen-bond donors (Lipinski definition) is 21. The molecule has 0 saturated carbocycles. The van der Waals surface area contributed by atoms with Crippen LogP contribution >= 0.6 is 0 Å². The maximum Gasteiger partial charge on any atom is 0.333 e. The quantitative estimate of drug-likeness (QED) is 0.0127. The molecule has 0 amide bonds. The Balaban J connectivity index is 0.812. The number of aliphatic hydroxyl groups excluding tert-OH is 21. The monoisotopic (exact) mass is 1700 g/mol. The minimum atomic E-state index is -1.91. The SMILES string of the molecule is C=C[C@](C)(CC/C=C(\C)CC/C=C/CC/C=C(/C)COC1OC(C)C(OC2OC(COC3OC(C)C(O)C(O)C3OC(=O)/C(C)=C/CC/C(C)=C/CC/C(C)=C/CC[C@@](C)(C=C)OC3OC(CO)C(O)C(O)C3OC3OC(CO)C(O)C(O)C3O)C(O)C(O)C2O)C(O)C1O)OC1OC(CO)C(O)C(O)C1OC1OC(CO)C(O)C(O)C1O. The molecule has 7 aliphatic heterocycles. The fraction of sp³-hybridized carbons (Fsp3) is 0.790. The maximum absolute atomic E-state index is 13.6. The molecule has 37 atom stereocenters. The van der Waals surface area contributed by atoms with Crippen LogP contribution in [0, 0.1) is 0 Å². The number of esters is 1. The van der Waals surface area contributed by atoms with Gasteiger partial charge >= 0.3 is 5.97 Å². The first-order valence-electron chi connectivity index (χ1n) is 40.4. The van der Waals surface area contributed by atoms with E-state index in [0.717, 1.165) is 35.1 Å². The molecule has 118 heavy (non-hydrogen) atoms. The Bertz CT molecular complexity index is 3240. The first-order valence-corrected chi connectivity index (χ1v) is 40.4. The third-order valence-corrected chi connectivity index (χ3v) is 22.5. The molecule has 7 rings (SSSR count). The Kier molecular flexibility index (Phi) is 40.6. The molecule has 7 fully saturated rings. The minimum absolute atomic E-state index is 0.0194. The number of rotatable bonds is 42. The van der Waals surface area contributed by atoms with Gasteiger partial charge in [-0.05, 0) is 139 Å². The van der Waals surface area contributed by atoms with Crippen molar-refractivity contribution in [2.24, 2.45) is 0 Å². The highest BCUT2D eigenvalue weighted by atomic mass is 16.8. The predicted octanol–water partition coefficient (Wildman–Crippen LogP) is -2.80. The summed E-state index contributed by atoms with van der Waals surface area (Å²) < 4.78 is 88.0. The van der Waals surface area contributed by atoms with Crippen molar-refractivity contribution in [1.29, 1.82) is 0 Å². The molecule has 7 aliphatic rings. The van der Waals surface area contributed by atoms with Crippen LogP contribution in [0.5, 0.6) is 0 Å². The molecule has 21 N–H and O–H groups in total. The van der Waals surface area contributed by atoms with Crippen LogP contribution in [0.2, 0.25) is 0 Å². The molecule has 37 heteroatoms. The normalized spacial score (nSPS) is 41.3. The molecule has 678 valence electrons. The number of carbonyl (C=O) groups excluding carboxylic acids is 1. The predicted molar refractivity (Wildman–Crippen MR) is 412 cm³/mol. The lowest BCUT2D eigenvalue weighted by atomic mass is 9.95. The van der Waals surface area contributed by atoms with Gasteiger partial charge in [0.1, 0.15) is 153 Å². The van der Waals surface area contributed by atoms with Gasteiger partial charge in [-0.15, -0.1) is 13.2 Å². The summed E-state index contributed by atoms with van der Waals surface area (Å²) in [6.45, 7) is 19.9. The average molecular weight is 1700 g/mol. The highest BCUT2D eigenvalue weighted by Gasteiger charge is 2.56. The van der Waals surface area contributed by atoms with Gasteiger partial charge in [-0.1, -0.05) is 77.0 Å². The van der Waals surface area contributed by atoms with Crippen molar-refractivity contribution >= 4 is 5.97 Å². The number of unbranched alkanes of at least 4 members (excludes halogenated alkanes) is 1. The standard InChI is InChI=1S/C81H132O37/c1-12-80(10,117-78-70(61(96)54(89)48(35-84)110-78)115-74-64(99)57(92)52(87)46(33-82)108-74)31-21-28-39(3)23-17-15-14-16-18-24-42(6)37-104-73-67(102)63(98)68(45(9)107-73)114-76-66(101)59(94)56(91)50(112-76)38-105-77-69(60(95)51(86)44(8)106-77)113-72(103)43(7)30-20-27-40(4)25-19-26-41(5)29-22-32-81(11,13-2)118-79-71(62(97)55(90)49(36-85)111-79)116-75-65(100)58(93)53(88)47(34-83)109-75/h12-15,24-25,28-30,44-71,73-79,82-102H,1-2,16-23,26-27,31-38H2,3-11H3/b15-14+,39-28+,40-25+,41-29+,42-24-,43-30+/t44?,45?,46?,47?,48?,49?,50?,51?,52?,53?,54?,55?,56?,57?,58?,59?,60?,61?,62?,63?,64?,65?,66?,67?,68?,69?,70?,71?,73?,74?,75?,76?,77?,78?,79?,80-,81-/m1/s1. The van der Waals surface area contributed by atoms with E-state index in [1.807, 2.05) is 52.0 Å². The highest BCUT2D eigenvalue weighted by Crippen LogP contribution is 2.38. The summed E-state index contributed by atoms with van der Waals surface area (Å²) >= 11 is 0. The van der Waals surface area contributed by atoms with Crippen LogP contribution in [-0.2, 0) is 75.8 Å². The molecule has 7 saturated heterocycles. The lowest BCUT2D eigenvalue weighted by molar-refractivity contribution is -0.375. The van der Waals surface area contributed by atoms with Crippen molar-refractivity contribution in [3.63, 3.8) is 0 Å². The van der Waals surface area contributed by atoms with E-state index in [9.17, 15) is 112 Å². The summed E-state index contributed by atoms with van der Waals surface area (Å²) in [5, 5.41) is 223. The van der Waals surface area contributed by atoms with Crippen LogP contribution < -0.4 is 0 Å². The van der Waals surface area contributed by atoms with Crippen LogP contribution in [0.1, 0.15) is 139 Å². The van der Waals surface area contributed by atoms with Crippen molar-refractivity contribution in [3.8, 4) is 0 Å². The number of carbonyl (C=O) groups is 1. The molecule has 0 aliphatic carbocycles. The van der Waals surface area contributed by atoms with Crippen molar-refractivity contribution in [1.82, 2.24) is 0 Å². The van der Waals surface area contributed by atoms with E-state index in [2.05, 4.69) is 25.3 Å². The summed E-state index contributed by atoms with van der Waals surface area (Å²) in [6.07, 6.45) is -31.9. The van der Waals surface area contributed by atoms with Gasteiger partial charge in [0.05, 0.1) is 63.1 Å². The van der Waals surface area contributed by atoms with Crippen LogP contribution in [-0.4, -0.2) is 379 Å². The second kappa shape index (κ2) is 47.4. The lowest BCUT2D eigenvalue weighted by Crippen LogP contribution is -2.65. The second-order valence-electron chi connectivity index (χ2n) is 32.1. The first kappa shape index (κ1) is 101. The van der Waals surface area contributed by atoms with Gasteiger partial charge in [-0.3, -0.25) is 0 Å². The Morgan fingerprint density at radius 1 is 0.347 bits per heavy atom. The van der Waals surface area contributed by atoms with E-state index in [1.165, 1.54) is 32.9 Å². The van der Waals surface area contributed by atoms with Gasteiger partial charge < -0.3 is 178 Å².